The minimum Gasteiger partial charge on any atom is -0.453 e. The molecule has 1 aromatic rings. The van der Waals surface area contributed by atoms with Crippen LogP contribution in [0.5, 0.6) is 0 Å². The van der Waals surface area contributed by atoms with E-state index in [0.29, 0.717) is 26.2 Å². The molecule has 0 radical (unpaired) electrons. The van der Waals surface area contributed by atoms with Gasteiger partial charge < -0.3 is 19.9 Å². The van der Waals surface area contributed by atoms with Crippen LogP contribution < -0.4 is 5.32 Å². The molecule has 1 heterocycles. The molecule has 22 heavy (non-hydrogen) atoms. The predicted octanol–water partition coefficient (Wildman–Crippen LogP) is 2.51. The summed E-state index contributed by atoms with van der Waals surface area (Å²) >= 11 is 3.37. The Bertz CT molecular complexity index is 552. The summed E-state index contributed by atoms with van der Waals surface area (Å²) in [5.74, 6) is 0. The average molecular weight is 368 g/mol. The molecule has 0 bridgehead atoms. The molecule has 0 unspecified atom stereocenters. The molecule has 3 amide bonds. The van der Waals surface area contributed by atoms with Gasteiger partial charge in [0.05, 0.1) is 7.11 Å². The van der Waals surface area contributed by atoms with Crippen molar-refractivity contribution < 1.29 is 14.3 Å². The number of urea groups is 1. The van der Waals surface area contributed by atoms with Gasteiger partial charge in [-0.3, -0.25) is 0 Å². The summed E-state index contributed by atoms with van der Waals surface area (Å²) in [6.45, 7) is 1.95. The molecule has 1 aliphatic heterocycles. The zero-order valence-electron chi connectivity index (χ0n) is 12.3. The van der Waals surface area contributed by atoms with Crippen LogP contribution >= 0.6 is 15.9 Å². The van der Waals surface area contributed by atoms with Crippen LogP contribution in [0.15, 0.2) is 34.9 Å². The number of benzene rings is 1. The Morgan fingerprint density at radius 2 is 1.73 bits per heavy atom. The number of ether oxygens (including phenoxy) is 1. The maximum absolute atomic E-state index is 12.0. The van der Waals surface area contributed by atoms with Crippen molar-refractivity contribution in [1.29, 1.82) is 0 Å². The van der Waals surface area contributed by atoms with Gasteiger partial charge in [-0.1, -0.05) is 28.1 Å². The molecule has 0 aliphatic carbocycles. The van der Waals surface area contributed by atoms with Gasteiger partial charge in [0, 0.05) is 36.9 Å². The SMILES string of the molecule is COC(=O)N1CCN(C(=O)N/C=C/c2ccc(Br)cc2)CC1. The lowest BCUT2D eigenvalue weighted by atomic mass is 10.2. The first-order chi connectivity index (χ1) is 10.6. The second kappa shape index (κ2) is 7.84. The number of halogens is 1. The molecule has 0 spiro atoms. The van der Waals surface area contributed by atoms with Crippen molar-refractivity contribution in [3.63, 3.8) is 0 Å². The van der Waals surface area contributed by atoms with Gasteiger partial charge in [0.1, 0.15) is 0 Å². The number of hydrogen-bond donors (Lipinski definition) is 1. The zero-order valence-corrected chi connectivity index (χ0v) is 13.9. The van der Waals surface area contributed by atoms with Crippen LogP contribution in [0.25, 0.3) is 6.08 Å². The molecular formula is C15H18BrN3O3. The van der Waals surface area contributed by atoms with Crippen molar-refractivity contribution in [2.24, 2.45) is 0 Å². The highest BCUT2D eigenvalue weighted by Gasteiger charge is 2.23. The lowest BCUT2D eigenvalue weighted by Gasteiger charge is -2.33. The Hall–Kier alpha value is -2.02. The third-order valence-corrected chi connectivity index (χ3v) is 3.88. The molecule has 6 nitrogen and oxygen atoms in total. The van der Waals surface area contributed by atoms with E-state index in [2.05, 4.69) is 26.0 Å². The van der Waals surface area contributed by atoms with Crippen LogP contribution in [-0.2, 0) is 4.74 Å². The second-order valence-electron chi connectivity index (χ2n) is 4.78. The fraction of sp³-hybridized carbons (Fsp3) is 0.333. The van der Waals surface area contributed by atoms with Crippen molar-refractivity contribution >= 4 is 34.1 Å². The molecule has 0 aromatic heterocycles. The molecule has 1 aliphatic rings. The molecule has 7 heteroatoms. The monoisotopic (exact) mass is 367 g/mol. The summed E-state index contributed by atoms with van der Waals surface area (Å²) in [5.41, 5.74) is 0.999. The van der Waals surface area contributed by atoms with Crippen LogP contribution in [0.2, 0.25) is 0 Å². The lowest BCUT2D eigenvalue weighted by Crippen LogP contribution is -2.52. The van der Waals surface area contributed by atoms with Gasteiger partial charge in [0.25, 0.3) is 0 Å². The first-order valence-electron chi connectivity index (χ1n) is 6.90. The van der Waals surface area contributed by atoms with E-state index in [0.717, 1.165) is 10.0 Å². The van der Waals surface area contributed by atoms with Crippen LogP contribution in [0.4, 0.5) is 9.59 Å². The summed E-state index contributed by atoms with van der Waals surface area (Å²) in [4.78, 5) is 26.6. The number of nitrogens with one attached hydrogen (secondary N) is 1. The smallest absolute Gasteiger partial charge is 0.409 e. The van der Waals surface area contributed by atoms with E-state index in [1.54, 1.807) is 16.0 Å². The van der Waals surface area contributed by atoms with Crippen LogP contribution in [0.3, 0.4) is 0 Å². The highest BCUT2D eigenvalue weighted by molar-refractivity contribution is 9.10. The zero-order chi connectivity index (χ0) is 15.9. The Morgan fingerprint density at radius 1 is 1.14 bits per heavy atom. The number of carbonyl (C=O) groups is 2. The van der Waals surface area contributed by atoms with Crippen LogP contribution in [0, 0.1) is 0 Å². The minimum atomic E-state index is -0.352. The van der Waals surface area contributed by atoms with Gasteiger partial charge in [-0.15, -0.1) is 0 Å². The topological polar surface area (TPSA) is 61.9 Å². The molecule has 1 aromatic carbocycles. The van der Waals surface area contributed by atoms with E-state index in [1.807, 2.05) is 30.3 Å². The average Bonchev–Trinajstić information content (AvgIpc) is 2.56. The predicted molar refractivity (Wildman–Crippen MR) is 87.3 cm³/mol. The maximum Gasteiger partial charge on any atom is 0.409 e. The van der Waals surface area contributed by atoms with E-state index in [9.17, 15) is 9.59 Å². The third-order valence-electron chi connectivity index (χ3n) is 3.35. The molecule has 2 rings (SSSR count). The van der Waals surface area contributed by atoms with Gasteiger partial charge in [-0.25, -0.2) is 9.59 Å². The van der Waals surface area contributed by atoms with Crippen molar-refractivity contribution in [1.82, 2.24) is 15.1 Å². The molecule has 1 saturated heterocycles. The van der Waals surface area contributed by atoms with Gasteiger partial charge in [-0.05, 0) is 23.8 Å². The summed E-state index contributed by atoms with van der Waals surface area (Å²) in [7, 11) is 1.36. The molecular weight excluding hydrogens is 350 g/mol. The van der Waals surface area contributed by atoms with Crippen LogP contribution in [-0.4, -0.2) is 55.2 Å². The number of nitrogens with zero attached hydrogens (tertiary/aromatic N) is 2. The van der Waals surface area contributed by atoms with E-state index < -0.39 is 0 Å². The van der Waals surface area contributed by atoms with Crippen LogP contribution in [0.1, 0.15) is 5.56 Å². The quantitative estimate of drug-likeness (QED) is 0.873. The number of rotatable bonds is 2. The maximum atomic E-state index is 12.0. The first kappa shape index (κ1) is 16.4. The summed E-state index contributed by atoms with van der Waals surface area (Å²) < 4.78 is 5.67. The Balaban J connectivity index is 1.78. The van der Waals surface area contributed by atoms with Gasteiger partial charge in [-0.2, -0.15) is 0 Å². The summed E-state index contributed by atoms with van der Waals surface area (Å²) in [5, 5.41) is 2.73. The van der Waals surface area contributed by atoms with Crippen molar-refractivity contribution in [2.45, 2.75) is 0 Å². The lowest BCUT2D eigenvalue weighted by molar-refractivity contribution is 0.0977. The summed E-state index contributed by atoms with van der Waals surface area (Å²) in [6, 6.07) is 7.60. The van der Waals surface area contributed by atoms with Gasteiger partial charge in [0.15, 0.2) is 0 Å². The fourth-order valence-electron chi connectivity index (χ4n) is 2.10. The number of amides is 3. The number of hydrogen-bond acceptors (Lipinski definition) is 3. The Labute approximate surface area is 137 Å². The molecule has 1 N–H and O–H groups in total. The highest BCUT2D eigenvalue weighted by Crippen LogP contribution is 2.11. The number of piperazine rings is 1. The second-order valence-corrected chi connectivity index (χ2v) is 5.69. The van der Waals surface area contributed by atoms with E-state index in [-0.39, 0.29) is 12.1 Å². The number of carbonyl (C=O) groups excluding carboxylic acids is 2. The largest absolute Gasteiger partial charge is 0.453 e. The van der Waals surface area contributed by atoms with Crippen molar-refractivity contribution in [2.75, 3.05) is 33.3 Å². The molecule has 1 fully saturated rings. The van der Waals surface area contributed by atoms with Crippen molar-refractivity contribution in [3.05, 3.63) is 40.5 Å². The minimum absolute atomic E-state index is 0.169. The highest BCUT2D eigenvalue weighted by atomic mass is 79.9. The first-order valence-corrected chi connectivity index (χ1v) is 7.70. The normalized spacial score (nSPS) is 15.0. The fourth-order valence-corrected chi connectivity index (χ4v) is 2.36. The van der Waals surface area contributed by atoms with Gasteiger partial charge >= 0.3 is 12.1 Å². The Morgan fingerprint density at radius 3 is 2.32 bits per heavy atom. The summed E-state index contributed by atoms with van der Waals surface area (Å²) in [6.07, 6.45) is 3.10. The van der Waals surface area contributed by atoms with E-state index >= 15 is 0 Å². The molecule has 118 valence electrons. The molecule has 0 saturated carbocycles. The van der Waals surface area contributed by atoms with E-state index in [1.165, 1.54) is 7.11 Å². The van der Waals surface area contributed by atoms with E-state index in [4.69, 9.17) is 0 Å². The van der Waals surface area contributed by atoms with Crippen molar-refractivity contribution in [3.8, 4) is 0 Å². The Kier molecular flexibility index (Phi) is 5.83. The number of methoxy groups -OCH3 is 1. The standard InChI is InChI=1S/C15H18BrN3O3/c1-22-15(21)19-10-8-18(9-11-19)14(20)17-7-6-12-2-4-13(16)5-3-12/h2-7H,8-11H2,1H3,(H,17,20)/b7-6+. The van der Waals surface area contributed by atoms with Gasteiger partial charge in [0.2, 0.25) is 0 Å². The molecule has 0 atom stereocenters. The third kappa shape index (κ3) is 4.49.